The highest BCUT2D eigenvalue weighted by Gasteiger charge is 2.33. The van der Waals surface area contributed by atoms with Crippen LogP contribution in [0.1, 0.15) is 36.7 Å². The maximum atomic E-state index is 12.6. The van der Waals surface area contributed by atoms with Crippen molar-refractivity contribution in [1.29, 1.82) is 0 Å². The number of rotatable bonds is 4. The monoisotopic (exact) mass is 298 g/mol. The SMILES string of the molecule is CNCc1cc(C(C)C)nc(-n2ccc(C(F)(F)F)n2)c1. The molecule has 2 heterocycles. The third kappa shape index (κ3) is 3.60. The van der Waals surface area contributed by atoms with E-state index in [9.17, 15) is 13.2 Å². The standard InChI is InChI=1S/C14H17F3N4/c1-9(2)11-6-10(8-18-3)7-13(19-11)21-5-4-12(20-21)14(15,16)17/h4-7,9,18H,8H2,1-3H3. The van der Waals surface area contributed by atoms with Crippen LogP contribution < -0.4 is 5.32 Å². The minimum atomic E-state index is -4.45. The van der Waals surface area contributed by atoms with E-state index >= 15 is 0 Å². The van der Waals surface area contributed by atoms with Gasteiger partial charge in [-0.3, -0.25) is 0 Å². The van der Waals surface area contributed by atoms with E-state index in [2.05, 4.69) is 15.4 Å². The number of pyridine rings is 1. The van der Waals surface area contributed by atoms with Gasteiger partial charge < -0.3 is 5.32 Å². The second kappa shape index (κ2) is 5.85. The van der Waals surface area contributed by atoms with Gasteiger partial charge in [0, 0.05) is 18.4 Å². The molecule has 2 rings (SSSR count). The molecule has 0 spiro atoms. The lowest BCUT2D eigenvalue weighted by Gasteiger charge is -2.11. The van der Waals surface area contributed by atoms with E-state index in [1.807, 2.05) is 27.0 Å². The highest BCUT2D eigenvalue weighted by molar-refractivity contribution is 5.32. The largest absolute Gasteiger partial charge is 0.435 e. The van der Waals surface area contributed by atoms with Crippen LogP contribution in [0.2, 0.25) is 0 Å². The number of aromatic nitrogens is 3. The van der Waals surface area contributed by atoms with Gasteiger partial charge in [0.2, 0.25) is 0 Å². The first-order valence-electron chi connectivity index (χ1n) is 6.60. The molecule has 0 aliphatic carbocycles. The number of nitrogens with one attached hydrogen (secondary N) is 1. The van der Waals surface area contributed by atoms with Crippen LogP contribution in [0, 0.1) is 0 Å². The Morgan fingerprint density at radius 1 is 1.29 bits per heavy atom. The van der Waals surface area contributed by atoms with Gasteiger partial charge in [-0.2, -0.15) is 18.3 Å². The van der Waals surface area contributed by atoms with Crippen molar-refractivity contribution in [1.82, 2.24) is 20.1 Å². The molecule has 7 heteroatoms. The smallest absolute Gasteiger partial charge is 0.316 e. The van der Waals surface area contributed by atoms with Crippen LogP contribution in [-0.4, -0.2) is 21.8 Å². The number of nitrogens with zero attached hydrogens (tertiary/aromatic N) is 3. The minimum Gasteiger partial charge on any atom is -0.316 e. The fourth-order valence-electron chi connectivity index (χ4n) is 1.92. The number of hydrogen-bond donors (Lipinski definition) is 1. The lowest BCUT2D eigenvalue weighted by molar-refractivity contribution is -0.141. The number of halogens is 3. The zero-order chi connectivity index (χ0) is 15.6. The molecular formula is C14H17F3N4. The van der Waals surface area contributed by atoms with Gasteiger partial charge in [0.1, 0.15) is 0 Å². The molecule has 114 valence electrons. The summed E-state index contributed by atoms with van der Waals surface area (Å²) in [5.41, 5.74) is 0.853. The molecular weight excluding hydrogens is 281 g/mol. The summed E-state index contributed by atoms with van der Waals surface area (Å²) in [5, 5.41) is 6.58. The first-order valence-corrected chi connectivity index (χ1v) is 6.60. The Balaban J connectivity index is 2.44. The number of alkyl halides is 3. The van der Waals surface area contributed by atoms with Crippen LogP contribution in [0.5, 0.6) is 0 Å². The third-order valence-electron chi connectivity index (χ3n) is 2.98. The zero-order valence-corrected chi connectivity index (χ0v) is 12.1. The van der Waals surface area contributed by atoms with Crippen LogP contribution in [0.4, 0.5) is 13.2 Å². The van der Waals surface area contributed by atoms with Crippen LogP contribution in [-0.2, 0) is 12.7 Å². The van der Waals surface area contributed by atoms with E-state index < -0.39 is 11.9 Å². The summed E-state index contributed by atoms with van der Waals surface area (Å²) in [6.45, 7) is 4.58. The maximum Gasteiger partial charge on any atom is 0.435 e. The van der Waals surface area contributed by atoms with E-state index in [1.165, 1.54) is 6.20 Å². The van der Waals surface area contributed by atoms with Gasteiger partial charge in [-0.05, 0) is 36.7 Å². The summed E-state index contributed by atoms with van der Waals surface area (Å²) in [5.74, 6) is 0.570. The Morgan fingerprint density at radius 2 is 2.00 bits per heavy atom. The van der Waals surface area contributed by atoms with Crippen molar-refractivity contribution >= 4 is 0 Å². The predicted molar refractivity (Wildman–Crippen MR) is 73.2 cm³/mol. The Kier molecular flexibility index (Phi) is 4.32. The normalized spacial score (nSPS) is 12.1. The first kappa shape index (κ1) is 15.5. The van der Waals surface area contributed by atoms with Crippen LogP contribution >= 0.6 is 0 Å². The number of hydrogen-bond acceptors (Lipinski definition) is 3. The van der Waals surface area contributed by atoms with Gasteiger partial charge in [0.15, 0.2) is 11.5 Å². The Hall–Kier alpha value is -1.89. The predicted octanol–water partition coefficient (Wildman–Crippen LogP) is 3.13. The van der Waals surface area contributed by atoms with Crippen molar-refractivity contribution in [2.45, 2.75) is 32.5 Å². The van der Waals surface area contributed by atoms with Gasteiger partial charge >= 0.3 is 6.18 Å². The summed E-state index contributed by atoms with van der Waals surface area (Å²) < 4.78 is 39.0. The van der Waals surface area contributed by atoms with E-state index in [-0.39, 0.29) is 5.92 Å². The highest BCUT2D eigenvalue weighted by Crippen LogP contribution is 2.28. The molecule has 0 saturated heterocycles. The minimum absolute atomic E-state index is 0.179. The van der Waals surface area contributed by atoms with Crippen molar-refractivity contribution in [3.8, 4) is 5.82 Å². The zero-order valence-electron chi connectivity index (χ0n) is 12.1. The molecule has 2 aromatic rings. The third-order valence-corrected chi connectivity index (χ3v) is 2.98. The molecule has 0 aromatic carbocycles. The quantitative estimate of drug-likeness (QED) is 0.943. The molecule has 0 bridgehead atoms. The molecule has 0 atom stereocenters. The van der Waals surface area contributed by atoms with Gasteiger partial charge in [-0.25, -0.2) is 9.67 Å². The molecule has 0 unspecified atom stereocenters. The summed E-state index contributed by atoms with van der Waals surface area (Å²) >= 11 is 0. The molecule has 0 amide bonds. The van der Waals surface area contributed by atoms with E-state index in [0.29, 0.717) is 12.4 Å². The second-order valence-electron chi connectivity index (χ2n) is 5.09. The topological polar surface area (TPSA) is 42.7 Å². The van der Waals surface area contributed by atoms with Gasteiger partial charge in [-0.15, -0.1) is 0 Å². The Labute approximate surface area is 121 Å². The van der Waals surface area contributed by atoms with Crippen LogP contribution in [0.15, 0.2) is 24.4 Å². The van der Waals surface area contributed by atoms with E-state index in [0.717, 1.165) is 22.0 Å². The van der Waals surface area contributed by atoms with Gasteiger partial charge in [0.25, 0.3) is 0 Å². The Morgan fingerprint density at radius 3 is 2.52 bits per heavy atom. The van der Waals surface area contributed by atoms with Crippen LogP contribution in [0.25, 0.3) is 5.82 Å². The van der Waals surface area contributed by atoms with Crippen molar-refractivity contribution in [2.75, 3.05) is 7.05 Å². The molecule has 2 aromatic heterocycles. The summed E-state index contributed by atoms with van der Waals surface area (Å²) in [6.07, 6.45) is -3.17. The lowest BCUT2D eigenvalue weighted by atomic mass is 10.1. The fraction of sp³-hybridized carbons (Fsp3) is 0.429. The van der Waals surface area contributed by atoms with Crippen molar-refractivity contribution in [3.05, 3.63) is 41.3 Å². The Bertz CT molecular complexity index is 617. The van der Waals surface area contributed by atoms with Gasteiger partial charge in [0.05, 0.1) is 0 Å². The van der Waals surface area contributed by atoms with E-state index in [4.69, 9.17) is 0 Å². The second-order valence-corrected chi connectivity index (χ2v) is 5.09. The summed E-state index contributed by atoms with van der Waals surface area (Å²) in [6, 6.07) is 4.62. The van der Waals surface area contributed by atoms with Crippen molar-refractivity contribution in [3.63, 3.8) is 0 Å². The maximum absolute atomic E-state index is 12.6. The van der Waals surface area contributed by atoms with Crippen LogP contribution in [0.3, 0.4) is 0 Å². The molecule has 0 saturated carbocycles. The highest BCUT2D eigenvalue weighted by atomic mass is 19.4. The lowest BCUT2D eigenvalue weighted by Crippen LogP contribution is -2.11. The summed E-state index contributed by atoms with van der Waals surface area (Å²) in [4.78, 5) is 4.39. The first-order chi connectivity index (χ1) is 9.81. The molecule has 21 heavy (non-hydrogen) atoms. The van der Waals surface area contributed by atoms with E-state index in [1.54, 1.807) is 6.07 Å². The van der Waals surface area contributed by atoms with Gasteiger partial charge in [-0.1, -0.05) is 13.8 Å². The molecule has 0 aliphatic rings. The van der Waals surface area contributed by atoms with Crippen molar-refractivity contribution < 1.29 is 13.2 Å². The summed E-state index contributed by atoms with van der Waals surface area (Å²) in [7, 11) is 1.81. The fourth-order valence-corrected chi connectivity index (χ4v) is 1.92. The average molecular weight is 298 g/mol. The average Bonchev–Trinajstić information content (AvgIpc) is 2.88. The molecule has 1 N–H and O–H groups in total. The molecule has 0 fully saturated rings. The molecule has 0 aliphatic heterocycles. The molecule has 4 nitrogen and oxygen atoms in total. The molecule has 0 radical (unpaired) electrons. The van der Waals surface area contributed by atoms with Crippen molar-refractivity contribution in [2.24, 2.45) is 0 Å².